The normalized spacial score (nSPS) is 11.7. The Morgan fingerprint density at radius 3 is 2.60 bits per heavy atom. The molecule has 0 atom stereocenters. The molecule has 0 N–H and O–H groups in total. The van der Waals surface area contributed by atoms with E-state index in [1.807, 2.05) is 18.2 Å². The number of amides is 1. The molecule has 0 saturated carbocycles. The van der Waals surface area contributed by atoms with E-state index in [4.69, 9.17) is 4.74 Å². The lowest BCUT2D eigenvalue weighted by molar-refractivity contribution is -0.141. The molecule has 3 rings (SSSR count). The Labute approximate surface area is 149 Å². The van der Waals surface area contributed by atoms with Gasteiger partial charge in [0.15, 0.2) is 4.80 Å². The molecule has 6 heteroatoms. The minimum atomic E-state index is -0.382. The van der Waals surface area contributed by atoms with Crippen LogP contribution in [0.5, 0.6) is 0 Å². The fraction of sp³-hybridized carbons (Fsp3) is 0.211. The van der Waals surface area contributed by atoms with Crippen molar-refractivity contribution in [3.05, 3.63) is 64.5 Å². The molecule has 0 unspecified atom stereocenters. The minimum Gasteiger partial charge on any atom is -0.468 e. The molecule has 128 valence electrons. The fourth-order valence-electron chi connectivity index (χ4n) is 2.50. The molecule has 0 radical (unpaired) electrons. The summed E-state index contributed by atoms with van der Waals surface area (Å²) in [5, 5.41) is 0. The number of aromatic nitrogens is 1. The summed E-state index contributed by atoms with van der Waals surface area (Å²) in [4.78, 5) is 29.0. The third kappa shape index (κ3) is 3.69. The summed E-state index contributed by atoms with van der Waals surface area (Å²) in [7, 11) is 1.35. The number of hydrogen-bond donors (Lipinski definition) is 0. The van der Waals surface area contributed by atoms with Crippen LogP contribution in [0.3, 0.4) is 0 Å². The van der Waals surface area contributed by atoms with Crippen molar-refractivity contribution in [1.29, 1.82) is 0 Å². The van der Waals surface area contributed by atoms with Gasteiger partial charge in [0.25, 0.3) is 5.91 Å². The van der Waals surface area contributed by atoms with E-state index in [0.717, 1.165) is 16.6 Å². The smallest absolute Gasteiger partial charge is 0.325 e. The van der Waals surface area contributed by atoms with Gasteiger partial charge < -0.3 is 9.30 Å². The molecule has 1 heterocycles. The van der Waals surface area contributed by atoms with Gasteiger partial charge >= 0.3 is 5.97 Å². The van der Waals surface area contributed by atoms with Crippen molar-refractivity contribution in [3.8, 4) is 0 Å². The SMILES string of the molecule is CCc1ccc2c(c1)sc(=NC(=O)c1ccccc1)n2CC(=O)OC. The monoisotopic (exact) mass is 354 g/mol. The predicted octanol–water partition coefficient (Wildman–Crippen LogP) is 3.18. The fourth-order valence-corrected chi connectivity index (χ4v) is 3.59. The highest BCUT2D eigenvalue weighted by Gasteiger charge is 2.12. The van der Waals surface area contributed by atoms with Gasteiger partial charge in [0.05, 0.1) is 17.3 Å². The van der Waals surface area contributed by atoms with Gasteiger partial charge in [0, 0.05) is 5.56 Å². The van der Waals surface area contributed by atoms with Crippen LogP contribution in [0.2, 0.25) is 0 Å². The van der Waals surface area contributed by atoms with Gasteiger partial charge in [-0.1, -0.05) is 42.5 Å². The van der Waals surface area contributed by atoms with Crippen LogP contribution in [0.4, 0.5) is 0 Å². The standard InChI is InChI=1S/C19H18N2O3S/c1-3-13-9-10-15-16(11-13)25-19(21(15)12-17(22)24-2)20-18(23)14-7-5-4-6-8-14/h4-11H,3,12H2,1-2H3. The van der Waals surface area contributed by atoms with Gasteiger partial charge in [-0.15, -0.1) is 0 Å². The summed E-state index contributed by atoms with van der Waals surface area (Å²) < 4.78 is 7.50. The average Bonchev–Trinajstić information content (AvgIpc) is 2.98. The molecule has 5 nitrogen and oxygen atoms in total. The molecule has 0 bridgehead atoms. The first-order valence-electron chi connectivity index (χ1n) is 7.95. The third-order valence-electron chi connectivity index (χ3n) is 3.89. The quantitative estimate of drug-likeness (QED) is 0.676. The number of methoxy groups -OCH3 is 1. The van der Waals surface area contributed by atoms with Crippen LogP contribution >= 0.6 is 11.3 Å². The Morgan fingerprint density at radius 2 is 1.92 bits per heavy atom. The van der Waals surface area contributed by atoms with Crippen LogP contribution in [-0.2, 0) is 22.5 Å². The minimum absolute atomic E-state index is 0.0167. The number of fused-ring (bicyclic) bond motifs is 1. The second-order valence-electron chi connectivity index (χ2n) is 5.49. The van der Waals surface area contributed by atoms with E-state index in [2.05, 4.69) is 18.0 Å². The number of carbonyl (C=O) groups excluding carboxylic acids is 2. The van der Waals surface area contributed by atoms with Gasteiger partial charge in [0.1, 0.15) is 6.54 Å². The maximum atomic E-state index is 12.4. The first kappa shape index (κ1) is 17.1. The lowest BCUT2D eigenvalue weighted by Gasteiger charge is -2.04. The first-order chi connectivity index (χ1) is 12.1. The topological polar surface area (TPSA) is 60.7 Å². The van der Waals surface area contributed by atoms with Gasteiger partial charge in [-0.3, -0.25) is 9.59 Å². The summed E-state index contributed by atoms with van der Waals surface area (Å²) in [6.45, 7) is 2.10. The Morgan fingerprint density at radius 1 is 1.16 bits per heavy atom. The van der Waals surface area contributed by atoms with Gasteiger partial charge in [0.2, 0.25) is 0 Å². The highest BCUT2D eigenvalue weighted by molar-refractivity contribution is 7.16. The number of rotatable bonds is 4. The zero-order valence-corrected chi connectivity index (χ0v) is 14.9. The Kier molecular flexibility index (Phi) is 5.09. The van der Waals surface area contributed by atoms with Gasteiger partial charge in [-0.05, 0) is 36.2 Å². The maximum Gasteiger partial charge on any atom is 0.325 e. The summed E-state index contributed by atoms with van der Waals surface area (Å²) >= 11 is 1.40. The van der Waals surface area contributed by atoms with E-state index in [1.54, 1.807) is 28.8 Å². The van der Waals surface area contributed by atoms with Crippen LogP contribution in [0.1, 0.15) is 22.8 Å². The zero-order chi connectivity index (χ0) is 17.8. The number of esters is 1. The molecule has 3 aromatic rings. The number of hydrogen-bond acceptors (Lipinski definition) is 4. The van der Waals surface area contributed by atoms with Crippen LogP contribution in [-0.4, -0.2) is 23.6 Å². The van der Waals surface area contributed by atoms with Crippen LogP contribution in [0.15, 0.2) is 53.5 Å². The summed E-state index contributed by atoms with van der Waals surface area (Å²) in [6, 6.07) is 14.9. The Hall–Kier alpha value is -2.73. The molecule has 2 aromatic carbocycles. The molecule has 1 aromatic heterocycles. The highest BCUT2D eigenvalue weighted by Crippen LogP contribution is 2.20. The summed E-state index contributed by atoms with van der Waals surface area (Å²) in [5.41, 5.74) is 2.57. The molecule has 0 aliphatic rings. The van der Waals surface area contributed by atoms with E-state index in [0.29, 0.717) is 10.4 Å². The van der Waals surface area contributed by atoms with Crippen LogP contribution in [0, 0.1) is 0 Å². The maximum absolute atomic E-state index is 12.4. The van der Waals surface area contributed by atoms with Crippen LogP contribution < -0.4 is 4.80 Å². The van der Waals surface area contributed by atoms with Crippen molar-refractivity contribution in [2.45, 2.75) is 19.9 Å². The van der Waals surface area contributed by atoms with E-state index in [-0.39, 0.29) is 18.4 Å². The largest absolute Gasteiger partial charge is 0.468 e. The van der Waals surface area contributed by atoms with E-state index in [9.17, 15) is 9.59 Å². The number of ether oxygens (including phenoxy) is 1. The van der Waals surface area contributed by atoms with E-state index >= 15 is 0 Å². The zero-order valence-electron chi connectivity index (χ0n) is 14.1. The number of aryl methyl sites for hydroxylation is 1. The van der Waals surface area contributed by atoms with Crippen molar-refractivity contribution in [3.63, 3.8) is 0 Å². The Balaban J connectivity index is 2.15. The molecular formula is C19H18N2O3S. The van der Waals surface area contributed by atoms with E-state index in [1.165, 1.54) is 24.0 Å². The van der Waals surface area contributed by atoms with Crippen molar-refractivity contribution in [1.82, 2.24) is 4.57 Å². The van der Waals surface area contributed by atoms with Crippen LogP contribution in [0.25, 0.3) is 10.2 Å². The van der Waals surface area contributed by atoms with Crippen molar-refractivity contribution < 1.29 is 14.3 Å². The molecule has 0 aliphatic carbocycles. The third-order valence-corrected chi connectivity index (χ3v) is 4.93. The molecule has 1 amide bonds. The number of nitrogens with zero attached hydrogens (tertiary/aromatic N) is 2. The molecule has 0 fully saturated rings. The van der Waals surface area contributed by atoms with Gasteiger partial charge in [-0.25, -0.2) is 0 Å². The molecule has 0 spiro atoms. The van der Waals surface area contributed by atoms with Crippen molar-refractivity contribution in [2.24, 2.45) is 4.99 Å². The molecular weight excluding hydrogens is 336 g/mol. The number of benzene rings is 2. The van der Waals surface area contributed by atoms with Gasteiger partial charge in [-0.2, -0.15) is 4.99 Å². The lowest BCUT2D eigenvalue weighted by Crippen LogP contribution is -2.22. The second kappa shape index (κ2) is 7.44. The number of carbonyl (C=O) groups is 2. The average molecular weight is 354 g/mol. The predicted molar refractivity (Wildman–Crippen MR) is 97.5 cm³/mol. The molecule has 0 saturated heterocycles. The molecule has 0 aliphatic heterocycles. The second-order valence-corrected chi connectivity index (χ2v) is 6.49. The molecule has 25 heavy (non-hydrogen) atoms. The van der Waals surface area contributed by atoms with Crippen molar-refractivity contribution >= 4 is 33.4 Å². The van der Waals surface area contributed by atoms with E-state index < -0.39 is 0 Å². The summed E-state index contributed by atoms with van der Waals surface area (Å²) in [5.74, 6) is -0.714. The van der Waals surface area contributed by atoms with Crippen molar-refractivity contribution in [2.75, 3.05) is 7.11 Å². The summed E-state index contributed by atoms with van der Waals surface area (Å²) in [6.07, 6.45) is 0.917. The Bertz CT molecular complexity index is 987. The number of thiazole rings is 1. The lowest BCUT2D eigenvalue weighted by atomic mass is 10.2. The first-order valence-corrected chi connectivity index (χ1v) is 8.77. The highest BCUT2D eigenvalue weighted by atomic mass is 32.1.